The van der Waals surface area contributed by atoms with Crippen LogP contribution < -0.4 is 16.6 Å². The lowest BCUT2D eigenvalue weighted by atomic mass is 9.77. The van der Waals surface area contributed by atoms with Gasteiger partial charge in [0.05, 0.1) is 11.4 Å². The van der Waals surface area contributed by atoms with Crippen LogP contribution in [0.5, 0.6) is 0 Å². The Bertz CT molecular complexity index is 1250. The Kier molecular flexibility index (Phi) is 7.76. The molecule has 0 spiro atoms. The van der Waals surface area contributed by atoms with Gasteiger partial charge in [-0.1, -0.05) is 93.3 Å². The van der Waals surface area contributed by atoms with Crippen LogP contribution in [0.15, 0.2) is 84.9 Å². The van der Waals surface area contributed by atoms with E-state index in [9.17, 15) is 0 Å². The van der Waals surface area contributed by atoms with Crippen LogP contribution in [-0.2, 0) is 0 Å². The predicted molar refractivity (Wildman–Crippen MR) is 156 cm³/mol. The zero-order chi connectivity index (χ0) is 24.7. The van der Waals surface area contributed by atoms with E-state index < -0.39 is 0 Å². The Morgan fingerprint density at radius 1 is 0.694 bits per heavy atom. The van der Waals surface area contributed by atoms with Gasteiger partial charge >= 0.3 is 0 Å². The summed E-state index contributed by atoms with van der Waals surface area (Å²) in [5.74, 6) is 1.70. The maximum absolute atomic E-state index is 6.13. The topological polar surface area (TPSA) is 50.1 Å². The average Bonchev–Trinajstić information content (AvgIpc) is 2.94. The summed E-state index contributed by atoms with van der Waals surface area (Å²) < 4.78 is 0. The molecule has 1 saturated carbocycles. The molecule has 0 unspecified atom stereocenters. The molecule has 4 aromatic carbocycles. The summed E-state index contributed by atoms with van der Waals surface area (Å²) in [5, 5.41) is 2.16. The van der Waals surface area contributed by atoms with Gasteiger partial charge in [0.1, 0.15) is 0 Å². The van der Waals surface area contributed by atoms with E-state index in [1.165, 1.54) is 68.1 Å². The number of benzene rings is 4. The molecule has 186 valence electrons. The number of nitrogens with two attached hydrogens (primary N) is 1. The van der Waals surface area contributed by atoms with Crippen LogP contribution in [0, 0.1) is 5.92 Å². The number of rotatable bonds is 9. The first-order chi connectivity index (χ1) is 17.7. The largest absolute Gasteiger partial charge is 0.398 e. The maximum Gasteiger partial charge on any atom is 0.0619 e. The van der Waals surface area contributed by atoms with Crippen LogP contribution in [0.25, 0.3) is 21.9 Å². The molecule has 0 atom stereocenters. The molecule has 0 saturated heterocycles. The second kappa shape index (κ2) is 11.5. The molecular formula is C33H39N3. The van der Waals surface area contributed by atoms with E-state index >= 15 is 0 Å². The first kappa shape index (κ1) is 24.2. The van der Waals surface area contributed by atoms with E-state index in [1.807, 2.05) is 24.3 Å². The zero-order valence-corrected chi connectivity index (χ0v) is 21.5. The minimum absolute atomic E-state index is 0.739. The van der Waals surface area contributed by atoms with Gasteiger partial charge in [0.25, 0.3) is 0 Å². The van der Waals surface area contributed by atoms with Gasteiger partial charge in [-0.05, 0) is 78.5 Å². The number of unbranched alkanes of at least 4 members (excludes halogenated alkanes) is 2. The average molecular weight is 478 g/mol. The highest BCUT2D eigenvalue weighted by atomic mass is 15.4. The summed E-state index contributed by atoms with van der Waals surface area (Å²) in [6.07, 6.45) is 11.1. The number of anilines is 3. The van der Waals surface area contributed by atoms with E-state index in [2.05, 4.69) is 78.4 Å². The molecule has 5 rings (SSSR count). The van der Waals surface area contributed by atoms with Crippen molar-refractivity contribution >= 4 is 27.8 Å². The van der Waals surface area contributed by atoms with Crippen molar-refractivity contribution in [2.24, 2.45) is 5.92 Å². The maximum atomic E-state index is 6.13. The molecule has 3 nitrogen and oxygen atoms in total. The fourth-order valence-electron chi connectivity index (χ4n) is 5.73. The number of fused-ring (bicyclic) bond motifs is 1. The van der Waals surface area contributed by atoms with Crippen molar-refractivity contribution in [1.82, 2.24) is 0 Å². The van der Waals surface area contributed by atoms with Crippen molar-refractivity contribution in [2.75, 3.05) is 16.6 Å². The van der Waals surface area contributed by atoms with Crippen molar-refractivity contribution < 1.29 is 0 Å². The fourth-order valence-corrected chi connectivity index (χ4v) is 5.73. The van der Waals surface area contributed by atoms with Crippen molar-refractivity contribution in [3.63, 3.8) is 0 Å². The quantitative estimate of drug-likeness (QED) is 0.128. The van der Waals surface area contributed by atoms with Crippen molar-refractivity contribution in [1.29, 1.82) is 0 Å². The fraction of sp³-hybridized carbons (Fsp3) is 0.333. The van der Waals surface area contributed by atoms with Gasteiger partial charge in [-0.25, -0.2) is 0 Å². The highest BCUT2D eigenvalue weighted by Crippen LogP contribution is 2.38. The Hall–Kier alpha value is -3.46. The number of hydrogen-bond donors (Lipinski definition) is 3. The van der Waals surface area contributed by atoms with Gasteiger partial charge in [0.15, 0.2) is 0 Å². The van der Waals surface area contributed by atoms with Crippen LogP contribution in [-0.4, -0.2) is 0 Å². The summed E-state index contributed by atoms with van der Waals surface area (Å²) in [6.45, 7) is 2.30. The van der Waals surface area contributed by atoms with E-state index in [0.717, 1.165) is 39.7 Å². The van der Waals surface area contributed by atoms with Crippen LogP contribution >= 0.6 is 0 Å². The first-order valence-electron chi connectivity index (χ1n) is 13.7. The third-order valence-electron chi connectivity index (χ3n) is 7.96. The Morgan fingerprint density at radius 2 is 1.36 bits per heavy atom. The molecule has 4 N–H and O–H groups in total. The molecule has 1 aliphatic rings. The number of hydrogen-bond acceptors (Lipinski definition) is 3. The highest BCUT2D eigenvalue weighted by molar-refractivity contribution is 6.01. The minimum atomic E-state index is 0.739. The van der Waals surface area contributed by atoms with Crippen molar-refractivity contribution in [2.45, 2.75) is 64.2 Å². The molecule has 0 bridgehead atoms. The molecule has 0 heterocycles. The third-order valence-corrected chi connectivity index (χ3v) is 7.96. The summed E-state index contributed by atoms with van der Waals surface area (Å²) in [5.41, 5.74) is 19.7. The number of nitrogen functional groups attached to an aromatic ring is 1. The second-order valence-electron chi connectivity index (χ2n) is 10.4. The van der Waals surface area contributed by atoms with E-state index in [4.69, 9.17) is 5.73 Å². The predicted octanol–water partition coefficient (Wildman–Crippen LogP) is 9.38. The van der Waals surface area contributed by atoms with Gasteiger partial charge in [-0.3, -0.25) is 0 Å². The Labute approximate surface area is 216 Å². The Morgan fingerprint density at radius 3 is 2.06 bits per heavy atom. The molecule has 4 aromatic rings. The molecule has 1 fully saturated rings. The molecule has 0 amide bonds. The number of hydrazine groups is 1. The SMILES string of the molecule is CCCCCC1CCC(c2ccc(-c3ccc(NNc4ccc(N)c5ccccc45)cc3)cc2)CC1. The third kappa shape index (κ3) is 5.67. The molecule has 0 aliphatic heterocycles. The zero-order valence-electron chi connectivity index (χ0n) is 21.5. The monoisotopic (exact) mass is 477 g/mol. The van der Waals surface area contributed by atoms with Crippen molar-refractivity contribution in [3.05, 3.63) is 90.5 Å². The van der Waals surface area contributed by atoms with E-state index in [-0.39, 0.29) is 0 Å². The summed E-state index contributed by atoms with van der Waals surface area (Å²) in [6, 6.07) is 30.1. The standard InChI is InChI=1S/C33H39N3/c1-2-3-4-7-24-10-12-25(13-11-24)26-14-16-27(17-15-26)28-18-20-29(21-19-28)35-36-33-23-22-32(34)30-8-5-6-9-31(30)33/h5-6,8-9,14-25,35-36H,2-4,7,10-13,34H2,1H3. The van der Waals surface area contributed by atoms with E-state index in [0.29, 0.717) is 0 Å². The van der Waals surface area contributed by atoms with Crippen LogP contribution in [0.4, 0.5) is 17.1 Å². The molecular weight excluding hydrogens is 438 g/mol. The van der Waals surface area contributed by atoms with E-state index in [1.54, 1.807) is 0 Å². The summed E-state index contributed by atoms with van der Waals surface area (Å²) >= 11 is 0. The van der Waals surface area contributed by atoms with Crippen LogP contribution in [0.1, 0.15) is 69.8 Å². The van der Waals surface area contributed by atoms with Gasteiger partial charge in [-0.2, -0.15) is 0 Å². The minimum Gasteiger partial charge on any atom is -0.398 e. The summed E-state index contributed by atoms with van der Waals surface area (Å²) in [7, 11) is 0. The Balaban J connectivity index is 1.17. The molecule has 0 radical (unpaired) electrons. The normalized spacial score (nSPS) is 17.7. The lowest BCUT2D eigenvalue weighted by Crippen LogP contribution is -2.13. The second-order valence-corrected chi connectivity index (χ2v) is 10.4. The number of nitrogens with one attached hydrogen (secondary N) is 2. The van der Waals surface area contributed by atoms with Gasteiger partial charge in [0, 0.05) is 16.5 Å². The van der Waals surface area contributed by atoms with Gasteiger partial charge < -0.3 is 16.6 Å². The molecule has 0 aromatic heterocycles. The summed E-state index contributed by atoms with van der Waals surface area (Å²) in [4.78, 5) is 0. The van der Waals surface area contributed by atoms with Crippen LogP contribution in [0.2, 0.25) is 0 Å². The van der Waals surface area contributed by atoms with Crippen molar-refractivity contribution in [3.8, 4) is 11.1 Å². The molecule has 3 heteroatoms. The van der Waals surface area contributed by atoms with Gasteiger partial charge in [0.2, 0.25) is 0 Å². The lowest BCUT2D eigenvalue weighted by Gasteiger charge is -2.29. The smallest absolute Gasteiger partial charge is 0.0619 e. The highest BCUT2D eigenvalue weighted by Gasteiger charge is 2.22. The molecule has 1 aliphatic carbocycles. The van der Waals surface area contributed by atoms with Crippen LogP contribution in [0.3, 0.4) is 0 Å². The van der Waals surface area contributed by atoms with Gasteiger partial charge in [-0.15, -0.1) is 0 Å². The first-order valence-corrected chi connectivity index (χ1v) is 13.7. The lowest BCUT2D eigenvalue weighted by molar-refractivity contribution is 0.303. The molecule has 36 heavy (non-hydrogen) atoms.